The highest BCUT2D eigenvalue weighted by Gasteiger charge is 2.26. The maximum absolute atomic E-state index is 12.4. The maximum Gasteiger partial charge on any atom is 0.325 e. The summed E-state index contributed by atoms with van der Waals surface area (Å²) in [5.74, 6) is -0.845. The van der Waals surface area contributed by atoms with E-state index in [1.165, 1.54) is 23.4 Å². The number of esters is 1. The molecule has 0 aliphatic carbocycles. The summed E-state index contributed by atoms with van der Waals surface area (Å²) in [6.45, 7) is 8.21. The van der Waals surface area contributed by atoms with Crippen molar-refractivity contribution < 1.29 is 19.2 Å². The Kier molecular flexibility index (Phi) is 6.23. The molecular weight excluding hydrogens is 304 g/mol. The molecule has 0 aliphatic rings. The van der Waals surface area contributed by atoms with E-state index in [9.17, 15) is 19.7 Å². The van der Waals surface area contributed by atoms with Gasteiger partial charge in [0.1, 0.15) is 24.5 Å². The topological polar surface area (TPSA) is 108 Å². The molecule has 0 saturated heterocycles. The van der Waals surface area contributed by atoms with Crippen LogP contribution in [0.3, 0.4) is 0 Å². The highest BCUT2D eigenvalue weighted by atomic mass is 16.6. The van der Waals surface area contributed by atoms with Crippen LogP contribution in [-0.4, -0.2) is 50.7 Å². The highest BCUT2D eigenvalue weighted by molar-refractivity contribution is 5.82. The van der Waals surface area contributed by atoms with Gasteiger partial charge in [0.25, 0.3) is 0 Å². The van der Waals surface area contributed by atoms with Crippen molar-refractivity contribution in [3.8, 4) is 0 Å². The van der Waals surface area contributed by atoms with Crippen LogP contribution in [0.25, 0.3) is 0 Å². The Morgan fingerprint density at radius 2 is 2.00 bits per heavy atom. The zero-order valence-corrected chi connectivity index (χ0v) is 14.0. The van der Waals surface area contributed by atoms with Gasteiger partial charge in [-0.25, -0.2) is 0 Å². The molecule has 23 heavy (non-hydrogen) atoms. The molecule has 1 rings (SSSR count). The number of ether oxygens (including phenoxy) is 1. The van der Waals surface area contributed by atoms with Crippen LogP contribution in [0, 0.1) is 24.0 Å². The van der Waals surface area contributed by atoms with Crippen LogP contribution >= 0.6 is 0 Å². The van der Waals surface area contributed by atoms with Gasteiger partial charge in [-0.05, 0) is 34.6 Å². The van der Waals surface area contributed by atoms with Crippen LogP contribution in [-0.2, 0) is 20.9 Å². The van der Waals surface area contributed by atoms with Gasteiger partial charge in [0, 0.05) is 6.04 Å². The minimum Gasteiger partial charge on any atom is -0.465 e. The minimum atomic E-state index is -0.516. The Bertz CT molecular complexity index is 609. The van der Waals surface area contributed by atoms with Gasteiger partial charge in [-0.15, -0.1) is 0 Å². The zero-order chi connectivity index (χ0) is 17.7. The summed E-state index contributed by atoms with van der Waals surface area (Å²) in [6, 6.07) is -0.209. The van der Waals surface area contributed by atoms with Gasteiger partial charge < -0.3 is 9.64 Å². The maximum atomic E-state index is 12.4. The molecule has 9 heteroatoms. The highest BCUT2D eigenvalue weighted by Crippen LogP contribution is 2.21. The normalized spacial score (nSPS) is 10.7. The lowest BCUT2D eigenvalue weighted by Gasteiger charge is -2.25. The van der Waals surface area contributed by atoms with E-state index in [4.69, 9.17) is 4.74 Å². The Hall–Kier alpha value is -2.45. The Balaban J connectivity index is 2.93. The second kappa shape index (κ2) is 7.70. The molecule has 0 bridgehead atoms. The van der Waals surface area contributed by atoms with Crippen molar-refractivity contribution in [2.75, 3.05) is 13.2 Å². The van der Waals surface area contributed by atoms with Gasteiger partial charge in [-0.1, -0.05) is 0 Å². The number of nitro groups is 1. The summed E-state index contributed by atoms with van der Waals surface area (Å²) in [5.41, 5.74) is 0.460. The quantitative estimate of drug-likeness (QED) is 0.423. The van der Waals surface area contributed by atoms with Crippen LogP contribution in [0.2, 0.25) is 0 Å². The molecule has 0 saturated carbocycles. The fraction of sp³-hybridized carbons (Fsp3) is 0.643. The third-order valence-corrected chi connectivity index (χ3v) is 3.36. The van der Waals surface area contributed by atoms with Gasteiger partial charge in [0.15, 0.2) is 0 Å². The van der Waals surface area contributed by atoms with Crippen molar-refractivity contribution in [3.63, 3.8) is 0 Å². The first-order valence-electron chi connectivity index (χ1n) is 7.32. The van der Waals surface area contributed by atoms with E-state index in [1.807, 2.05) is 0 Å². The van der Waals surface area contributed by atoms with Crippen molar-refractivity contribution >= 4 is 17.6 Å². The Labute approximate surface area is 134 Å². The van der Waals surface area contributed by atoms with E-state index in [-0.39, 0.29) is 43.0 Å². The summed E-state index contributed by atoms with van der Waals surface area (Å²) in [4.78, 5) is 35.9. The van der Waals surface area contributed by atoms with Crippen molar-refractivity contribution in [2.24, 2.45) is 0 Å². The van der Waals surface area contributed by atoms with E-state index in [0.717, 1.165) is 0 Å². The van der Waals surface area contributed by atoms with Crippen LogP contribution in [0.4, 0.5) is 5.69 Å². The lowest BCUT2D eigenvalue weighted by atomic mass is 10.3. The molecule has 0 N–H and O–H groups in total. The molecule has 128 valence electrons. The fourth-order valence-electron chi connectivity index (χ4n) is 2.23. The Morgan fingerprint density at radius 3 is 2.43 bits per heavy atom. The molecule has 0 fully saturated rings. The average Bonchev–Trinajstić information content (AvgIpc) is 2.70. The monoisotopic (exact) mass is 326 g/mol. The average molecular weight is 326 g/mol. The van der Waals surface area contributed by atoms with Crippen LogP contribution in [0.15, 0.2) is 0 Å². The molecule has 0 aliphatic heterocycles. The number of rotatable bonds is 7. The standard InChI is InChI=1S/C14H22N4O5/c1-6-23-13(20)8-16(9(2)3)12(19)7-17-11(5)14(18(21)22)10(4)15-17/h9H,6-8H2,1-5H3. The number of hydrogen-bond donors (Lipinski definition) is 0. The van der Waals surface area contributed by atoms with Gasteiger partial charge in [0.2, 0.25) is 5.91 Å². The minimum absolute atomic E-state index is 0.0979. The van der Waals surface area contributed by atoms with Gasteiger partial charge >= 0.3 is 11.7 Å². The van der Waals surface area contributed by atoms with E-state index in [0.29, 0.717) is 5.69 Å². The van der Waals surface area contributed by atoms with Gasteiger partial charge in [-0.2, -0.15) is 5.10 Å². The number of carbonyl (C=O) groups excluding carboxylic acids is 2. The third kappa shape index (κ3) is 4.51. The second-order valence-electron chi connectivity index (χ2n) is 5.35. The first-order chi connectivity index (χ1) is 10.7. The summed E-state index contributed by atoms with van der Waals surface area (Å²) in [5, 5.41) is 15.0. The first kappa shape index (κ1) is 18.6. The fourth-order valence-corrected chi connectivity index (χ4v) is 2.23. The largest absolute Gasteiger partial charge is 0.465 e. The molecule has 1 aromatic heterocycles. The number of amides is 1. The molecule has 1 heterocycles. The van der Waals surface area contributed by atoms with Gasteiger partial charge in [0.05, 0.1) is 11.5 Å². The molecule has 0 atom stereocenters. The number of aryl methyl sites for hydroxylation is 1. The molecule has 9 nitrogen and oxygen atoms in total. The smallest absolute Gasteiger partial charge is 0.325 e. The van der Waals surface area contributed by atoms with Crippen molar-refractivity contribution in [2.45, 2.75) is 47.2 Å². The summed E-state index contributed by atoms with van der Waals surface area (Å²) < 4.78 is 6.14. The molecule has 0 radical (unpaired) electrons. The first-order valence-corrected chi connectivity index (χ1v) is 7.32. The summed E-state index contributed by atoms with van der Waals surface area (Å²) in [6.07, 6.45) is 0. The number of hydrogen-bond acceptors (Lipinski definition) is 6. The van der Waals surface area contributed by atoms with Gasteiger partial charge in [-0.3, -0.25) is 24.4 Å². The summed E-state index contributed by atoms with van der Waals surface area (Å²) >= 11 is 0. The van der Waals surface area contributed by atoms with E-state index in [1.54, 1.807) is 20.8 Å². The SMILES string of the molecule is CCOC(=O)CN(C(=O)Cn1nc(C)c([N+](=O)[O-])c1C)C(C)C. The third-order valence-electron chi connectivity index (χ3n) is 3.36. The summed E-state index contributed by atoms with van der Waals surface area (Å²) in [7, 11) is 0. The molecule has 0 aromatic carbocycles. The van der Waals surface area contributed by atoms with E-state index < -0.39 is 10.9 Å². The number of aromatic nitrogens is 2. The van der Waals surface area contributed by atoms with Crippen molar-refractivity contribution in [1.29, 1.82) is 0 Å². The van der Waals surface area contributed by atoms with Crippen LogP contribution in [0.1, 0.15) is 32.2 Å². The molecule has 0 spiro atoms. The lowest BCUT2D eigenvalue weighted by molar-refractivity contribution is -0.386. The predicted molar refractivity (Wildman–Crippen MR) is 81.8 cm³/mol. The van der Waals surface area contributed by atoms with E-state index >= 15 is 0 Å². The number of carbonyl (C=O) groups is 2. The molecule has 0 unspecified atom stereocenters. The predicted octanol–water partition coefficient (Wildman–Crippen LogP) is 1.21. The van der Waals surface area contributed by atoms with Crippen molar-refractivity contribution in [1.82, 2.24) is 14.7 Å². The van der Waals surface area contributed by atoms with Crippen LogP contribution < -0.4 is 0 Å². The zero-order valence-electron chi connectivity index (χ0n) is 14.0. The van der Waals surface area contributed by atoms with Crippen LogP contribution in [0.5, 0.6) is 0 Å². The Morgan fingerprint density at radius 1 is 1.39 bits per heavy atom. The number of nitrogens with zero attached hydrogens (tertiary/aromatic N) is 4. The van der Waals surface area contributed by atoms with E-state index in [2.05, 4.69) is 5.10 Å². The molecular formula is C14H22N4O5. The lowest BCUT2D eigenvalue weighted by Crippen LogP contribution is -2.43. The van der Waals surface area contributed by atoms with Crippen molar-refractivity contribution in [3.05, 3.63) is 21.5 Å². The molecule has 1 amide bonds. The second-order valence-corrected chi connectivity index (χ2v) is 5.35. The molecule has 1 aromatic rings.